The van der Waals surface area contributed by atoms with Crippen LogP contribution in [0.3, 0.4) is 0 Å². The molecule has 3 aliphatic rings. The van der Waals surface area contributed by atoms with Crippen molar-refractivity contribution in [2.24, 2.45) is 14.1 Å². The van der Waals surface area contributed by atoms with Crippen LogP contribution in [0.25, 0.3) is 22.4 Å². The maximum Gasteiger partial charge on any atom is 0.330 e. The Balaban J connectivity index is 1.18. The molecule has 2 saturated heterocycles. The quantitative estimate of drug-likeness (QED) is 0.322. The first-order valence-corrected chi connectivity index (χ1v) is 15.3. The fraction of sp³-hybridized carbons (Fsp3) is 0.303. The fourth-order valence-electron chi connectivity index (χ4n) is 6.66. The van der Waals surface area contributed by atoms with Crippen LogP contribution >= 0.6 is 11.6 Å². The summed E-state index contributed by atoms with van der Waals surface area (Å²) in [5, 5.41) is 5.77. The van der Waals surface area contributed by atoms with Crippen LogP contribution in [0.1, 0.15) is 34.8 Å². The second-order valence-electron chi connectivity index (χ2n) is 12.1. The smallest absolute Gasteiger partial charge is 0.330 e. The number of pyridine rings is 1. The summed E-state index contributed by atoms with van der Waals surface area (Å²) in [5.41, 5.74) is 0.183. The molecule has 2 aromatic heterocycles. The van der Waals surface area contributed by atoms with Crippen molar-refractivity contribution in [1.29, 1.82) is 0 Å². The van der Waals surface area contributed by atoms with E-state index in [1.165, 1.54) is 33.3 Å². The molecule has 14 heteroatoms. The van der Waals surface area contributed by atoms with Gasteiger partial charge in [0.25, 0.3) is 11.5 Å². The van der Waals surface area contributed by atoms with Gasteiger partial charge in [0, 0.05) is 62.6 Å². The summed E-state index contributed by atoms with van der Waals surface area (Å²) in [6.45, 7) is 1.85. The van der Waals surface area contributed by atoms with Crippen molar-refractivity contribution < 1.29 is 23.5 Å². The lowest BCUT2D eigenvalue weighted by atomic mass is 9.86. The van der Waals surface area contributed by atoms with Crippen LogP contribution in [0.5, 0.6) is 11.6 Å². The number of methoxy groups -OCH3 is 1. The molecule has 2 fully saturated rings. The van der Waals surface area contributed by atoms with Crippen LogP contribution < -0.4 is 31.4 Å². The Labute approximate surface area is 272 Å². The highest BCUT2D eigenvalue weighted by Gasteiger charge is 2.51. The predicted octanol–water partition coefficient (Wildman–Crippen LogP) is 3.26. The van der Waals surface area contributed by atoms with Crippen LogP contribution in [0.15, 0.2) is 58.3 Å². The van der Waals surface area contributed by atoms with Gasteiger partial charge in [0.05, 0.1) is 40.7 Å². The molecule has 0 unspecified atom stereocenters. The van der Waals surface area contributed by atoms with Crippen molar-refractivity contribution in [3.05, 3.63) is 91.5 Å². The molecule has 1 atom stereocenters. The number of amides is 2. The summed E-state index contributed by atoms with van der Waals surface area (Å²) in [5.74, 6) is -0.557. The SMILES string of the molecule is COc1nc(-c2cccc(-c3cccc(NC(=O)c4cn(C)c(=O)n(C)c4=O)c3F)c2Cl)cc2c1[C@@H](N1CC3(CCC(=O)N3)C1)CO2. The third-order valence-electron chi connectivity index (χ3n) is 9.10. The predicted molar refractivity (Wildman–Crippen MR) is 171 cm³/mol. The van der Waals surface area contributed by atoms with Crippen molar-refractivity contribution in [3.8, 4) is 34.0 Å². The molecule has 0 bridgehead atoms. The normalized spacial score (nSPS) is 18.0. The Hall–Kier alpha value is -5.01. The Morgan fingerprint density at radius 1 is 1.13 bits per heavy atom. The molecule has 5 heterocycles. The van der Waals surface area contributed by atoms with Crippen LogP contribution in [0, 0.1) is 5.82 Å². The van der Waals surface area contributed by atoms with Gasteiger partial charge in [0.15, 0.2) is 5.82 Å². The van der Waals surface area contributed by atoms with E-state index >= 15 is 4.39 Å². The summed E-state index contributed by atoms with van der Waals surface area (Å²) in [6.07, 6.45) is 2.47. The van der Waals surface area contributed by atoms with Gasteiger partial charge in [-0.15, -0.1) is 0 Å². The second-order valence-corrected chi connectivity index (χ2v) is 12.5. The molecule has 242 valence electrons. The number of benzene rings is 2. The first-order valence-electron chi connectivity index (χ1n) is 14.9. The summed E-state index contributed by atoms with van der Waals surface area (Å²) >= 11 is 6.92. The van der Waals surface area contributed by atoms with Crippen LogP contribution in [-0.2, 0) is 18.9 Å². The maximum absolute atomic E-state index is 16.0. The second kappa shape index (κ2) is 11.4. The Bertz CT molecular complexity index is 2110. The van der Waals surface area contributed by atoms with E-state index in [1.807, 2.05) is 0 Å². The monoisotopic (exact) mass is 660 g/mol. The van der Waals surface area contributed by atoms with Gasteiger partial charge in [-0.3, -0.25) is 23.9 Å². The molecule has 12 nitrogen and oxygen atoms in total. The molecule has 2 amide bonds. The molecular formula is C33H30ClFN6O6. The summed E-state index contributed by atoms with van der Waals surface area (Å²) in [6, 6.07) is 11.3. The largest absolute Gasteiger partial charge is 0.491 e. The first-order chi connectivity index (χ1) is 22.5. The van der Waals surface area contributed by atoms with E-state index in [-0.39, 0.29) is 39.3 Å². The van der Waals surface area contributed by atoms with Crippen molar-refractivity contribution in [2.45, 2.75) is 24.4 Å². The Kier molecular flexibility index (Phi) is 7.40. The number of hydrogen-bond donors (Lipinski definition) is 2. The number of carbonyl (C=O) groups is 2. The Morgan fingerprint density at radius 2 is 1.85 bits per heavy atom. The third kappa shape index (κ3) is 5.06. The van der Waals surface area contributed by atoms with Crippen molar-refractivity contribution in [1.82, 2.24) is 24.3 Å². The summed E-state index contributed by atoms with van der Waals surface area (Å²) in [7, 11) is 4.20. The van der Waals surface area contributed by atoms with Crippen LogP contribution in [0.2, 0.25) is 5.02 Å². The molecule has 2 N–H and O–H groups in total. The molecule has 4 aromatic rings. The number of ether oxygens (including phenoxy) is 2. The van der Waals surface area contributed by atoms with E-state index in [9.17, 15) is 19.2 Å². The molecular weight excluding hydrogens is 631 g/mol. The minimum atomic E-state index is -0.869. The van der Waals surface area contributed by atoms with E-state index in [2.05, 4.69) is 15.5 Å². The number of aryl methyl sites for hydroxylation is 1. The zero-order valence-corrected chi connectivity index (χ0v) is 26.5. The number of nitrogens with zero attached hydrogens (tertiary/aromatic N) is 4. The zero-order valence-electron chi connectivity index (χ0n) is 25.7. The number of halogens is 2. The number of aromatic nitrogens is 3. The molecule has 47 heavy (non-hydrogen) atoms. The van der Waals surface area contributed by atoms with Crippen molar-refractivity contribution in [3.63, 3.8) is 0 Å². The molecule has 3 aliphatic heterocycles. The third-order valence-corrected chi connectivity index (χ3v) is 9.51. The number of fused-ring (bicyclic) bond motifs is 1. The Morgan fingerprint density at radius 3 is 2.57 bits per heavy atom. The van der Waals surface area contributed by atoms with Crippen molar-refractivity contribution in [2.75, 3.05) is 32.1 Å². The highest BCUT2D eigenvalue weighted by Crippen LogP contribution is 2.48. The van der Waals surface area contributed by atoms with E-state index < -0.39 is 23.0 Å². The molecule has 0 radical (unpaired) electrons. The lowest BCUT2D eigenvalue weighted by Crippen LogP contribution is -2.67. The maximum atomic E-state index is 16.0. The topological polar surface area (TPSA) is 137 Å². The summed E-state index contributed by atoms with van der Waals surface area (Å²) < 4.78 is 29.7. The number of anilines is 1. The van der Waals surface area contributed by atoms with Gasteiger partial charge in [-0.25, -0.2) is 14.2 Å². The molecule has 1 spiro atoms. The minimum Gasteiger partial charge on any atom is -0.491 e. The highest BCUT2D eigenvalue weighted by atomic mass is 35.5. The van der Waals surface area contributed by atoms with Crippen LogP contribution in [0.4, 0.5) is 10.1 Å². The molecule has 2 aromatic carbocycles. The summed E-state index contributed by atoms with van der Waals surface area (Å²) in [4.78, 5) is 56.4. The number of nitrogens with one attached hydrogen (secondary N) is 2. The minimum absolute atomic E-state index is 0.0838. The van der Waals surface area contributed by atoms with E-state index in [0.29, 0.717) is 41.5 Å². The first kappa shape index (κ1) is 30.6. The standard InChI is InChI=1S/C33H30ClFN6O6/c1-39-13-20(31(44)40(2)32(39)45)29(43)36-21-9-5-7-18(28(21)35)17-6-4-8-19(27(17)34)22-12-24-26(30(37-22)46-3)23(14-47-24)41-15-33(16-41)11-10-25(42)38-33/h4-9,12-13,23H,10-11,14-16H2,1-3H3,(H,36,43)(H,38,42)/t23-/m0/s1. The van der Waals surface area contributed by atoms with Gasteiger partial charge < -0.3 is 24.7 Å². The number of carbonyl (C=O) groups excluding carboxylic acids is 2. The van der Waals surface area contributed by atoms with E-state index in [0.717, 1.165) is 40.4 Å². The number of hydrogen-bond acceptors (Lipinski definition) is 8. The van der Waals surface area contributed by atoms with Gasteiger partial charge in [-0.05, 0) is 12.5 Å². The molecule has 0 aliphatic carbocycles. The molecule has 7 rings (SSSR count). The van der Waals surface area contributed by atoms with E-state index in [4.69, 9.17) is 26.1 Å². The van der Waals surface area contributed by atoms with Gasteiger partial charge in [-0.2, -0.15) is 0 Å². The lowest BCUT2D eigenvalue weighted by molar-refractivity contribution is -0.121. The average molecular weight is 661 g/mol. The van der Waals surface area contributed by atoms with Crippen molar-refractivity contribution >= 4 is 29.1 Å². The van der Waals surface area contributed by atoms with E-state index in [1.54, 1.807) is 30.3 Å². The lowest BCUT2D eigenvalue weighted by Gasteiger charge is -2.50. The van der Waals surface area contributed by atoms with Gasteiger partial charge in [0.1, 0.15) is 17.9 Å². The van der Waals surface area contributed by atoms with Gasteiger partial charge in [0.2, 0.25) is 11.8 Å². The van der Waals surface area contributed by atoms with Gasteiger partial charge in [-0.1, -0.05) is 41.9 Å². The fourth-order valence-corrected chi connectivity index (χ4v) is 6.98. The van der Waals surface area contributed by atoms with Gasteiger partial charge >= 0.3 is 5.69 Å². The highest BCUT2D eigenvalue weighted by molar-refractivity contribution is 6.36. The number of likely N-dealkylation sites (tertiary alicyclic amines) is 1. The average Bonchev–Trinajstić information content (AvgIpc) is 3.65. The number of rotatable bonds is 6. The molecule has 0 saturated carbocycles. The van der Waals surface area contributed by atoms with Crippen LogP contribution in [-0.4, -0.2) is 63.2 Å². The zero-order chi connectivity index (χ0) is 33.2.